The molecule has 0 fully saturated rings. The summed E-state index contributed by atoms with van der Waals surface area (Å²) in [6.07, 6.45) is 2.88. The Morgan fingerprint density at radius 1 is 1.43 bits per heavy atom. The summed E-state index contributed by atoms with van der Waals surface area (Å²) in [4.78, 5) is 8.58. The maximum atomic E-state index is 5.73. The van der Waals surface area contributed by atoms with Gasteiger partial charge in [-0.1, -0.05) is 20.8 Å². The van der Waals surface area contributed by atoms with E-state index in [1.807, 2.05) is 0 Å². The molecule has 0 saturated carbocycles. The Morgan fingerprint density at radius 2 is 2.07 bits per heavy atom. The molecule has 1 atom stereocenters. The van der Waals surface area contributed by atoms with Crippen LogP contribution in [0.4, 0.5) is 5.82 Å². The van der Waals surface area contributed by atoms with E-state index in [1.165, 1.54) is 0 Å². The van der Waals surface area contributed by atoms with Crippen LogP contribution in [0.2, 0.25) is 0 Å². The quantitative estimate of drug-likeness (QED) is 0.874. The van der Waals surface area contributed by atoms with Gasteiger partial charge in [0.15, 0.2) is 0 Å². The maximum Gasteiger partial charge on any atom is 0.140 e. The number of nitrogens with two attached hydrogens (primary N) is 1. The highest BCUT2D eigenvalue weighted by Gasteiger charge is 2.11. The third kappa shape index (κ3) is 3.08. The topological polar surface area (TPSA) is 51.8 Å². The van der Waals surface area contributed by atoms with E-state index in [1.54, 1.807) is 6.20 Å². The third-order valence-corrected chi connectivity index (χ3v) is 2.89. The van der Waals surface area contributed by atoms with E-state index < -0.39 is 0 Å². The fourth-order valence-corrected chi connectivity index (χ4v) is 1.70. The summed E-state index contributed by atoms with van der Waals surface area (Å²) in [6.45, 7) is 6.54. The van der Waals surface area contributed by atoms with Crippen molar-refractivity contribution in [1.29, 1.82) is 0 Å². The molecule has 0 bridgehead atoms. The summed E-state index contributed by atoms with van der Waals surface area (Å²) in [5.74, 6) is 2.49. The number of nitrogens with zero attached hydrogens (tertiary/aromatic N) is 2. The van der Waals surface area contributed by atoms with E-state index in [0.717, 1.165) is 15.8 Å². The van der Waals surface area contributed by atoms with Crippen molar-refractivity contribution >= 4 is 28.4 Å². The Labute approximate surface area is 98.7 Å². The molecule has 0 aliphatic carbocycles. The fourth-order valence-electron chi connectivity index (χ4n) is 1.44. The van der Waals surface area contributed by atoms with E-state index in [2.05, 4.69) is 53.3 Å². The summed E-state index contributed by atoms with van der Waals surface area (Å²) in [7, 11) is 0. The molecule has 14 heavy (non-hydrogen) atoms. The molecule has 1 rings (SSSR count). The summed E-state index contributed by atoms with van der Waals surface area (Å²) in [6, 6.07) is 0. The normalized spacial score (nSPS) is 13.2. The molecule has 0 aliphatic rings. The first-order chi connectivity index (χ1) is 6.50. The number of hydrogen-bond donors (Lipinski definition) is 1. The third-order valence-electron chi connectivity index (χ3n) is 2.06. The largest absolute Gasteiger partial charge is 0.383 e. The van der Waals surface area contributed by atoms with Crippen molar-refractivity contribution < 1.29 is 0 Å². The molecule has 1 aromatic rings. The lowest BCUT2D eigenvalue weighted by molar-refractivity contribution is 0.507. The Bertz CT molecular complexity index is 312. The fraction of sp³-hybridized carbons (Fsp3) is 0.600. The lowest BCUT2D eigenvalue weighted by Gasteiger charge is -2.12. The molecule has 4 heteroatoms. The van der Waals surface area contributed by atoms with Crippen LogP contribution in [-0.2, 0) is 0 Å². The van der Waals surface area contributed by atoms with E-state index in [-0.39, 0.29) is 0 Å². The molecule has 3 nitrogen and oxygen atoms in total. The SMILES string of the molecule is CC(C)CC(C)c1ncc(I)c(N)n1. The van der Waals surface area contributed by atoms with Gasteiger partial charge >= 0.3 is 0 Å². The Balaban J connectivity index is 2.80. The van der Waals surface area contributed by atoms with Crippen LogP contribution >= 0.6 is 22.6 Å². The lowest BCUT2D eigenvalue weighted by atomic mass is 9.98. The zero-order chi connectivity index (χ0) is 10.7. The predicted molar refractivity (Wildman–Crippen MR) is 67.0 cm³/mol. The van der Waals surface area contributed by atoms with Gasteiger partial charge in [0.1, 0.15) is 11.6 Å². The molecule has 2 N–H and O–H groups in total. The molecule has 0 aliphatic heterocycles. The Hall–Kier alpha value is -0.390. The van der Waals surface area contributed by atoms with Crippen LogP contribution in [0.25, 0.3) is 0 Å². The Morgan fingerprint density at radius 3 is 2.57 bits per heavy atom. The first-order valence-corrected chi connectivity index (χ1v) is 5.86. The monoisotopic (exact) mass is 305 g/mol. The number of rotatable bonds is 3. The van der Waals surface area contributed by atoms with Gasteiger partial charge in [-0.3, -0.25) is 0 Å². The van der Waals surface area contributed by atoms with Gasteiger partial charge in [0, 0.05) is 12.1 Å². The van der Waals surface area contributed by atoms with Gasteiger partial charge in [-0.2, -0.15) is 0 Å². The summed E-state index contributed by atoms with van der Waals surface area (Å²) in [5.41, 5.74) is 5.73. The van der Waals surface area contributed by atoms with Crippen molar-refractivity contribution in [3.05, 3.63) is 15.6 Å². The van der Waals surface area contributed by atoms with Gasteiger partial charge in [-0.15, -0.1) is 0 Å². The van der Waals surface area contributed by atoms with Crippen LogP contribution in [0.5, 0.6) is 0 Å². The second kappa shape index (κ2) is 4.91. The molecular weight excluding hydrogens is 289 g/mol. The van der Waals surface area contributed by atoms with Gasteiger partial charge < -0.3 is 5.73 Å². The van der Waals surface area contributed by atoms with Gasteiger partial charge in [0.05, 0.1) is 3.57 Å². The van der Waals surface area contributed by atoms with Crippen LogP contribution in [0, 0.1) is 9.49 Å². The lowest BCUT2D eigenvalue weighted by Crippen LogP contribution is -2.07. The van der Waals surface area contributed by atoms with Gasteiger partial charge in [-0.05, 0) is 34.9 Å². The molecule has 0 saturated heterocycles. The van der Waals surface area contributed by atoms with Crippen LogP contribution in [-0.4, -0.2) is 9.97 Å². The molecule has 0 spiro atoms. The second-order valence-electron chi connectivity index (χ2n) is 3.99. The van der Waals surface area contributed by atoms with Crippen molar-refractivity contribution in [3.8, 4) is 0 Å². The Kier molecular flexibility index (Phi) is 4.10. The van der Waals surface area contributed by atoms with Crippen molar-refractivity contribution in [2.75, 3.05) is 5.73 Å². The molecule has 0 radical (unpaired) electrons. The van der Waals surface area contributed by atoms with Crippen molar-refractivity contribution in [3.63, 3.8) is 0 Å². The van der Waals surface area contributed by atoms with E-state index in [4.69, 9.17) is 5.73 Å². The van der Waals surface area contributed by atoms with Crippen molar-refractivity contribution in [1.82, 2.24) is 9.97 Å². The van der Waals surface area contributed by atoms with E-state index >= 15 is 0 Å². The molecule has 0 aromatic carbocycles. The predicted octanol–water partition coefficient (Wildman–Crippen LogP) is 2.81. The number of aromatic nitrogens is 2. The minimum absolute atomic E-state index is 0.384. The smallest absolute Gasteiger partial charge is 0.140 e. The minimum Gasteiger partial charge on any atom is -0.383 e. The van der Waals surface area contributed by atoms with Crippen LogP contribution < -0.4 is 5.73 Å². The summed E-state index contributed by atoms with van der Waals surface area (Å²) in [5, 5.41) is 0. The van der Waals surface area contributed by atoms with E-state index in [0.29, 0.717) is 17.7 Å². The maximum absolute atomic E-state index is 5.73. The summed E-state index contributed by atoms with van der Waals surface area (Å²) < 4.78 is 0.920. The first kappa shape index (κ1) is 11.7. The highest BCUT2D eigenvalue weighted by Crippen LogP contribution is 2.21. The average Bonchev–Trinajstić information content (AvgIpc) is 2.08. The standard InChI is InChI=1S/C10H16IN3/c1-6(2)4-7(3)10-13-5-8(11)9(12)14-10/h5-7H,4H2,1-3H3,(H2,12,13,14). The van der Waals surface area contributed by atoms with Crippen LogP contribution in [0.3, 0.4) is 0 Å². The van der Waals surface area contributed by atoms with Gasteiger partial charge in [0.25, 0.3) is 0 Å². The molecule has 78 valence electrons. The molecule has 0 amide bonds. The average molecular weight is 305 g/mol. The van der Waals surface area contributed by atoms with Crippen molar-refractivity contribution in [2.24, 2.45) is 5.92 Å². The first-order valence-electron chi connectivity index (χ1n) is 4.78. The van der Waals surface area contributed by atoms with Crippen LogP contribution in [0.15, 0.2) is 6.20 Å². The minimum atomic E-state index is 0.384. The molecule has 1 heterocycles. The summed E-state index contributed by atoms with van der Waals surface area (Å²) >= 11 is 2.14. The number of halogens is 1. The zero-order valence-electron chi connectivity index (χ0n) is 8.79. The highest BCUT2D eigenvalue weighted by molar-refractivity contribution is 14.1. The molecule has 1 aromatic heterocycles. The number of anilines is 1. The molecular formula is C10H16IN3. The number of hydrogen-bond acceptors (Lipinski definition) is 3. The van der Waals surface area contributed by atoms with E-state index in [9.17, 15) is 0 Å². The van der Waals surface area contributed by atoms with Crippen LogP contribution in [0.1, 0.15) is 38.9 Å². The zero-order valence-corrected chi connectivity index (χ0v) is 10.9. The van der Waals surface area contributed by atoms with Gasteiger partial charge in [-0.25, -0.2) is 9.97 Å². The van der Waals surface area contributed by atoms with Gasteiger partial charge in [0.2, 0.25) is 0 Å². The number of nitrogen functional groups attached to an aromatic ring is 1. The molecule has 1 unspecified atom stereocenters. The second-order valence-corrected chi connectivity index (χ2v) is 5.15. The van der Waals surface area contributed by atoms with Crippen molar-refractivity contribution in [2.45, 2.75) is 33.1 Å². The highest BCUT2D eigenvalue weighted by atomic mass is 127.